The second-order valence-electron chi connectivity index (χ2n) is 7.29. The summed E-state index contributed by atoms with van der Waals surface area (Å²) < 4.78 is 2.23. The van der Waals surface area contributed by atoms with E-state index < -0.39 is 0 Å². The summed E-state index contributed by atoms with van der Waals surface area (Å²) in [6.07, 6.45) is 8.23. The number of amides is 1. The molecule has 0 spiro atoms. The van der Waals surface area contributed by atoms with Crippen molar-refractivity contribution in [1.82, 2.24) is 25.1 Å². The summed E-state index contributed by atoms with van der Waals surface area (Å²) in [5.41, 5.74) is 2.38. The molecule has 1 aliphatic heterocycles. The molecule has 1 unspecified atom stereocenters. The van der Waals surface area contributed by atoms with Gasteiger partial charge in [0.05, 0.1) is 0 Å². The lowest BCUT2D eigenvalue weighted by Crippen LogP contribution is -2.35. The molecule has 1 N–H and O–H groups in total. The second-order valence-corrected chi connectivity index (χ2v) is 7.29. The van der Waals surface area contributed by atoms with Crippen LogP contribution in [0.2, 0.25) is 0 Å². The highest BCUT2D eigenvalue weighted by Crippen LogP contribution is 2.17. The maximum atomic E-state index is 12.4. The van der Waals surface area contributed by atoms with Gasteiger partial charge in [-0.2, -0.15) is 0 Å². The van der Waals surface area contributed by atoms with E-state index in [2.05, 4.69) is 37.2 Å². The molecule has 1 amide bonds. The third-order valence-corrected chi connectivity index (χ3v) is 5.28. The van der Waals surface area contributed by atoms with Gasteiger partial charge in [-0.1, -0.05) is 30.3 Å². The smallest absolute Gasteiger partial charge is 0.220 e. The Morgan fingerprint density at radius 2 is 1.86 bits per heavy atom. The van der Waals surface area contributed by atoms with E-state index >= 15 is 0 Å². The van der Waals surface area contributed by atoms with E-state index in [0.29, 0.717) is 6.42 Å². The minimum atomic E-state index is 0.115. The molecule has 28 heavy (non-hydrogen) atoms. The van der Waals surface area contributed by atoms with Crippen LogP contribution in [-0.4, -0.2) is 31.7 Å². The fourth-order valence-electron chi connectivity index (χ4n) is 3.71. The molecule has 6 heteroatoms. The molecule has 3 aromatic rings. The maximum Gasteiger partial charge on any atom is 0.220 e. The van der Waals surface area contributed by atoms with E-state index in [9.17, 15) is 4.79 Å². The van der Waals surface area contributed by atoms with Gasteiger partial charge in [-0.3, -0.25) is 9.78 Å². The first kappa shape index (κ1) is 18.3. The maximum absolute atomic E-state index is 12.4. The van der Waals surface area contributed by atoms with Crippen LogP contribution in [0.5, 0.6) is 0 Å². The van der Waals surface area contributed by atoms with Crippen LogP contribution in [0.3, 0.4) is 0 Å². The molecule has 1 atom stereocenters. The molecule has 1 aliphatic rings. The monoisotopic (exact) mass is 375 g/mol. The Bertz CT molecular complexity index is 907. The Hall–Kier alpha value is -3.02. The molecule has 0 aliphatic carbocycles. The molecule has 1 aromatic carbocycles. The van der Waals surface area contributed by atoms with Crippen LogP contribution in [0.4, 0.5) is 0 Å². The third-order valence-electron chi connectivity index (χ3n) is 5.28. The van der Waals surface area contributed by atoms with Gasteiger partial charge in [0.15, 0.2) is 0 Å². The van der Waals surface area contributed by atoms with E-state index in [0.717, 1.165) is 55.9 Å². The van der Waals surface area contributed by atoms with Crippen LogP contribution >= 0.6 is 0 Å². The standard InChI is InChI=1S/C22H25N5O/c28-22(9-6-17-10-13-23-14-11-17)24-19-7-8-20-25-26-21(27(20)15-12-19)16-18-4-2-1-3-5-18/h1-5,10-11,13-14,19H,6-9,12,15-16H2,(H,24,28). The first-order chi connectivity index (χ1) is 13.8. The number of nitrogens with zero attached hydrogens (tertiary/aromatic N) is 4. The number of benzene rings is 1. The normalized spacial score (nSPS) is 16.2. The molecule has 0 fully saturated rings. The average Bonchev–Trinajstić information content (AvgIpc) is 2.99. The topological polar surface area (TPSA) is 72.7 Å². The fraction of sp³-hybridized carbons (Fsp3) is 0.364. The minimum absolute atomic E-state index is 0.115. The molecular formula is C22H25N5O. The second kappa shape index (κ2) is 8.78. The van der Waals surface area contributed by atoms with Crippen molar-refractivity contribution in [3.8, 4) is 0 Å². The summed E-state index contributed by atoms with van der Waals surface area (Å²) >= 11 is 0. The lowest BCUT2D eigenvalue weighted by atomic mass is 10.1. The summed E-state index contributed by atoms with van der Waals surface area (Å²) in [7, 11) is 0. The first-order valence-electron chi connectivity index (χ1n) is 9.91. The summed E-state index contributed by atoms with van der Waals surface area (Å²) in [6.45, 7) is 0.847. The molecule has 0 saturated heterocycles. The van der Waals surface area contributed by atoms with E-state index in [1.54, 1.807) is 12.4 Å². The molecular weight excluding hydrogens is 350 g/mol. The Morgan fingerprint density at radius 1 is 1.04 bits per heavy atom. The van der Waals surface area contributed by atoms with E-state index in [4.69, 9.17) is 0 Å². The Morgan fingerprint density at radius 3 is 2.68 bits per heavy atom. The van der Waals surface area contributed by atoms with Crippen molar-refractivity contribution in [2.45, 2.75) is 51.1 Å². The summed E-state index contributed by atoms with van der Waals surface area (Å²) in [4.78, 5) is 16.4. The zero-order valence-electron chi connectivity index (χ0n) is 15.9. The van der Waals surface area contributed by atoms with Crippen LogP contribution in [0, 0.1) is 0 Å². The molecule has 6 nitrogen and oxygen atoms in total. The van der Waals surface area contributed by atoms with Crippen LogP contribution in [0.15, 0.2) is 54.9 Å². The molecule has 4 rings (SSSR count). The highest BCUT2D eigenvalue weighted by atomic mass is 16.1. The summed E-state index contributed by atoms with van der Waals surface area (Å²) in [6, 6.07) is 14.5. The van der Waals surface area contributed by atoms with Crippen LogP contribution in [0.25, 0.3) is 0 Å². The van der Waals surface area contributed by atoms with E-state index in [1.165, 1.54) is 5.56 Å². The van der Waals surface area contributed by atoms with Crippen LogP contribution in [0.1, 0.15) is 42.0 Å². The van der Waals surface area contributed by atoms with E-state index in [-0.39, 0.29) is 11.9 Å². The van der Waals surface area contributed by atoms with Gasteiger partial charge >= 0.3 is 0 Å². The highest BCUT2D eigenvalue weighted by molar-refractivity contribution is 5.76. The van der Waals surface area contributed by atoms with Crippen molar-refractivity contribution < 1.29 is 4.79 Å². The number of rotatable bonds is 6. The van der Waals surface area contributed by atoms with Gasteiger partial charge in [0.2, 0.25) is 5.91 Å². The van der Waals surface area contributed by atoms with Gasteiger partial charge in [0.25, 0.3) is 0 Å². The van der Waals surface area contributed by atoms with Gasteiger partial charge in [-0.05, 0) is 42.5 Å². The van der Waals surface area contributed by atoms with Crippen molar-refractivity contribution in [2.24, 2.45) is 0 Å². The highest BCUT2D eigenvalue weighted by Gasteiger charge is 2.21. The number of fused-ring (bicyclic) bond motifs is 1. The van der Waals surface area contributed by atoms with Gasteiger partial charge in [-0.15, -0.1) is 10.2 Å². The Kier molecular flexibility index (Phi) is 5.75. The zero-order chi connectivity index (χ0) is 19.2. The van der Waals surface area contributed by atoms with Crippen LogP contribution < -0.4 is 5.32 Å². The summed E-state index contributed by atoms with van der Waals surface area (Å²) in [5, 5.41) is 12.0. The fourth-order valence-corrected chi connectivity index (χ4v) is 3.71. The van der Waals surface area contributed by atoms with Gasteiger partial charge in [0.1, 0.15) is 11.6 Å². The largest absolute Gasteiger partial charge is 0.353 e. The van der Waals surface area contributed by atoms with Gasteiger partial charge in [-0.25, -0.2) is 0 Å². The molecule has 144 valence electrons. The quantitative estimate of drug-likeness (QED) is 0.719. The minimum Gasteiger partial charge on any atom is -0.353 e. The zero-order valence-corrected chi connectivity index (χ0v) is 15.9. The number of nitrogens with one attached hydrogen (secondary N) is 1. The van der Waals surface area contributed by atoms with Crippen molar-refractivity contribution in [2.75, 3.05) is 0 Å². The lowest BCUT2D eigenvalue weighted by molar-refractivity contribution is -0.121. The third kappa shape index (κ3) is 4.63. The van der Waals surface area contributed by atoms with E-state index in [1.807, 2.05) is 30.3 Å². The SMILES string of the molecule is O=C(CCc1ccncc1)NC1CCc2nnc(Cc3ccccc3)n2CC1. The number of carbonyl (C=O) groups excluding carboxylic acids is 1. The first-order valence-corrected chi connectivity index (χ1v) is 9.91. The number of aryl methyl sites for hydroxylation is 2. The number of carbonyl (C=O) groups is 1. The molecule has 0 radical (unpaired) electrons. The van der Waals surface area contributed by atoms with Crippen molar-refractivity contribution >= 4 is 5.91 Å². The molecule has 0 saturated carbocycles. The predicted molar refractivity (Wildman–Crippen MR) is 107 cm³/mol. The van der Waals surface area contributed by atoms with Gasteiger partial charge in [0, 0.05) is 44.2 Å². The molecule has 3 heterocycles. The van der Waals surface area contributed by atoms with Crippen molar-refractivity contribution in [3.05, 3.63) is 77.6 Å². The number of aromatic nitrogens is 4. The van der Waals surface area contributed by atoms with Crippen molar-refractivity contribution in [1.29, 1.82) is 0 Å². The Labute approximate surface area is 165 Å². The number of hydrogen-bond acceptors (Lipinski definition) is 4. The number of pyridine rings is 1. The summed E-state index contributed by atoms with van der Waals surface area (Å²) in [5.74, 6) is 2.15. The predicted octanol–water partition coefficient (Wildman–Crippen LogP) is 2.72. The molecule has 2 aromatic heterocycles. The van der Waals surface area contributed by atoms with Gasteiger partial charge < -0.3 is 9.88 Å². The van der Waals surface area contributed by atoms with Crippen LogP contribution in [-0.2, 0) is 30.6 Å². The average molecular weight is 375 g/mol. The number of hydrogen-bond donors (Lipinski definition) is 1. The Balaban J connectivity index is 1.31. The van der Waals surface area contributed by atoms with Crippen molar-refractivity contribution in [3.63, 3.8) is 0 Å². The molecule has 0 bridgehead atoms. The lowest BCUT2D eigenvalue weighted by Gasteiger charge is -2.16.